The highest BCUT2D eigenvalue weighted by Gasteiger charge is 2.28. The van der Waals surface area contributed by atoms with Crippen LogP contribution in [-0.4, -0.2) is 44.4 Å². The van der Waals surface area contributed by atoms with Crippen molar-refractivity contribution in [2.45, 2.75) is 51.4 Å². The fraction of sp³-hybridized carbons (Fsp3) is 0.588. The van der Waals surface area contributed by atoms with Crippen LogP contribution in [0.1, 0.15) is 25.7 Å². The third kappa shape index (κ3) is 7.13. The van der Waals surface area contributed by atoms with Crippen LogP contribution in [0.15, 0.2) is 22.2 Å². The molecule has 5 nitrogen and oxygen atoms in total. The molecule has 1 heterocycles. The first-order valence-corrected chi connectivity index (χ1v) is 12.6. The van der Waals surface area contributed by atoms with E-state index in [9.17, 15) is 14.4 Å². The number of ether oxygens (including phenoxy) is 1. The first kappa shape index (κ1) is 20.8. The molecular weight excluding hydrogens is 390 g/mol. The number of rotatable bonds is 9. The Morgan fingerprint density at radius 2 is 1.92 bits per heavy atom. The number of hydrogen-bond donors (Lipinski definition) is 0. The van der Waals surface area contributed by atoms with Crippen LogP contribution in [0.5, 0.6) is 0 Å². The summed E-state index contributed by atoms with van der Waals surface area (Å²) < 4.78 is 5.02. The minimum Gasteiger partial charge on any atom is -0.469 e. The van der Waals surface area contributed by atoms with Crippen LogP contribution in [0, 0.1) is 0 Å². The molecule has 7 heteroatoms. The Morgan fingerprint density at radius 1 is 1.25 bits per heavy atom. The summed E-state index contributed by atoms with van der Waals surface area (Å²) in [6, 6.07) is 1.05. The van der Waals surface area contributed by atoms with Gasteiger partial charge >= 0.3 is 5.97 Å². The van der Waals surface area contributed by atoms with Crippen molar-refractivity contribution in [1.82, 2.24) is 4.90 Å². The van der Waals surface area contributed by atoms with Gasteiger partial charge in [0.1, 0.15) is 0 Å². The van der Waals surface area contributed by atoms with Crippen molar-refractivity contribution < 1.29 is 19.1 Å². The Kier molecular flexibility index (Phi) is 8.09. The Morgan fingerprint density at radius 3 is 2.42 bits per heavy atom. The highest BCUT2D eigenvalue weighted by Crippen LogP contribution is 2.21. The van der Waals surface area contributed by atoms with Crippen LogP contribution in [0.3, 0.4) is 0 Å². The third-order valence-corrected chi connectivity index (χ3v) is 5.72. The van der Waals surface area contributed by atoms with Crippen LogP contribution in [0.2, 0.25) is 25.7 Å². The predicted octanol–water partition coefficient (Wildman–Crippen LogP) is 3.63. The molecule has 0 atom stereocenters. The summed E-state index contributed by atoms with van der Waals surface area (Å²) >= 11 is 3.09. The first-order chi connectivity index (χ1) is 11.1. The molecule has 1 aliphatic rings. The number of methoxy groups -OCH3 is 1. The molecule has 0 N–H and O–H groups in total. The standard InChI is InChI=1S/C17H26BrNO4Si/c1-23-16(21)8-7-13(9-11-24(2,3)4)6-5-10-19-15(20)12-14(18)17(19)22/h9,12H,5-8,10-11H2,1-4H3/b13-9+. The molecule has 0 aromatic carbocycles. The maximum atomic E-state index is 11.8. The lowest BCUT2D eigenvalue weighted by Crippen LogP contribution is -2.31. The van der Waals surface area contributed by atoms with E-state index in [1.54, 1.807) is 0 Å². The second-order valence-electron chi connectivity index (χ2n) is 7.09. The lowest BCUT2D eigenvalue weighted by Gasteiger charge is -2.16. The molecule has 0 aliphatic carbocycles. The van der Waals surface area contributed by atoms with E-state index in [1.165, 1.54) is 23.7 Å². The third-order valence-electron chi connectivity index (χ3n) is 3.73. The van der Waals surface area contributed by atoms with Crippen LogP contribution < -0.4 is 0 Å². The van der Waals surface area contributed by atoms with Gasteiger partial charge in [0, 0.05) is 27.1 Å². The molecule has 1 rings (SSSR count). The molecule has 0 radical (unpaired) electrons. The second kappa shape index (κ2) is 9.32. The van der Waals surface area contributed by atoms with Crippen molar-refractivity contribution in [3.05, 3.63) is 22.2 Å². The topological polar surface area (TPSA) is 63.7 Å². The van der Waals surface area contributed by atoms with Gasteiger partial charge < -0.3 is 4.74 Å². The molecule has 0 unspecified atom stereocenters. The number of esters is 1. The molecule has 0 saturated carbocycles. The minimum atomic E-state index is -1.21. The molecule has 134 valence electrons. The van der Waals surface area contributed by atoms with Crippen molar-refractivity contribution in [1.29, 1.82) is 0 Å². The molecular formula is C17H26BrNO4Si. The molecule has 0 saturated heterocycles. The van der Waals surface area contributed by atoms with Gasteiger partial charge in [0.2, 0.25) is 0 Å². The zero-order valence-corrected chi connectivity index (χ0v) is 17.4. The van der Waals surface area contributed by atoms with Gasteiger partial charge in [-0.2, -0.15) is 0 Å². The number of halogens is 1. The van der Waals surface area contributed by atoms with E-state index in [4.69, 9.17) is 4.74 Å². The molecule has 0 fully saturated rings. The number of hydrogen-bond acceptors (Lipinski definition) is 4. The highest BCUT2D eigenvalue weighted by atomic mass is 79.9. The summed E-state index contributed by atoms with van der Waals surface area (Å²) in [7, 11) is 0.186. The van der Waals surface area contributed by atoms with Crippen LogP contribution >= 0.6 is 15.9 Å². The van der Waals surface area contributed by atoms with Gasteiger partial charge in [0.25, 0.3) is 11.8 Å². The van der Waals surface area contributed by atoms with Crippen molar-refractivity contribution in [2.24, 2.45) is 0 Å². The first-order valence-electron chi connectivity index (χ1n) is 8.12. The SMILES string of the molecule is COC(=O)CC/C(=C/C[Si](C)(C)C)CCCN1C(=O)C=C(Br)C1=O. The summed E-state index contributed by atoms with van der Waals surface area (Å²) in [5.41, 5.74) is 1.20. The van der Waals surface area contributed by atoms with Gasteiger partial charge in [-0.05, 0) is 41.2 Å². The fourth-order valence-electron chi connectivity index (χ4n) is 2.30. The summed E-state index contributed by atoms with van der Waals surface area (Å²) in [5.74, 6) is -0.761. The number of allylic oxidation sites excluding steroid dienone is 2. The van der Waals surface area contributed by atoms with E-state index < -0.39 is 8.07 Å². The summed E-state index contributed by atoms with van der Waals surface area (Å²) in [4.78, 5) is 36.2. The number of carbonyl (C=O) groups is 3. The van der Waals surface area contributed by atoms with Gasteiger partial charge in [-0.3, -0.25) is 19.3 Å². The van der Waals surface area contributed by atoms with Crippen LogP contribution in [-0.2, 0) is 19.1 Å². The summed E-state index contributed by atoms with van der Waals surface area (Å²) in [6.45, 7) is 7.29. The van der Waals surface area contributed by atoms with E-state index in [-0.39, 0.29) is 17.8 Å². The van der Waals surface area contributed by atoms with Gasteiger partial charge in [0.05, 0.1) is 11.6 Å². The van der Waals surface area contributed by atoms with Crippen molar-refractivity contribution in [3.8, 4) is 0 Å². The van der Waals surface area contributed by atoms with Gasteiger partial charge in [0.15, 0.2) is 0 Å². The molecule has 24 heavy (non-hydrogen) atoms. The van der Waals surface area contributed by atoms with E-state index in [0.29, 0.717) is 30.3 Å². The Labute approximate surface area is 153 Å². The van der Waals surface area contributed by atoms with Crippen LogP contribution in [0.25, 0.3) is 0 Å². The molecule has 2 amide bonds. The van der Waals surface area contributed by atoms with Crippen LogP contribution in [0.4, 0.5) is 0 Å². The maximum Gasteiger partial charge on any atom is 0.305 e. The van der Waals surface area contributed by atoms with E-state index in [1.807, 2.05) is 0 Å². The fourth-order valence-corrected chi connectivity index (χ4v) is 3.61. The van der Waals surface area contributed by atoms with E-state index in [0.717, 1.165) is 12.5 Å². The predicted molar refractivity (Wildman–Crippen MR) is 100 cm³/mol. The Bertz CT molecular complexity index is 563. The van der Waals surface area contributed by atoms with E-state index in [2.05, 4.69) is 41.6 Å². The molecule has 0 spiro atoms. The number of imide groups is 1. The van der Waals surface area contributed by atoms with Crippen molar-refractivity contribution >= 4 is 41.8 Å². The molecule has 0 aromatic rings. The molecule has 1 aliphatic heterocycles. The van der Waals surface area contributed by atoms with Crippen molar-refractivity contribution in [2.75, 3.05) is 13.7 Å². The second-order valence-corrected chi connectivity index (χ2v) is 13.5. The van der Waals surface area contributed by atoms with Crippen molar-refractivity contribution in [3.63, 3.8) is 0 Å². The number of carbonyl (C=O) groups excluding carboxylic acids is 3. The average molecular weight is 416 g/mol. The quantitative estimate of drug-likeness (QED) is 0.249. The normalized spacial score (nSPS) is 15.8. The van der Waals surface area contributed by atoms with Gasteiger partial charge in [-0.25, -0.2) is 0 Å². The Hall–Kier alpha value is -1.21. The monoisotopic (exact) mass is 415 g/mol. The lowest BCUT2D eigenvalue weighted by molar-refractivity contribution is -0.140. The highest BCUT2D eigenvalue weighted by molar-refractivity contribution is 9.12. The Balaban J connectivity index is 2.57. The lowest BCUT2D eigenvalue weighted by atomic mass is 10.0. The van der Waals surface area contributed by atoms with Gasteiger partial charge in [-0.15, -0.1) is 0 Å². The number of amides is 2. The molecule has 0 aromatic heterocycles. The zero-order valence-electron chi connectivity index (χ0n) is 14.9. The summed E-state index contributed by atoms with van der Waals surface area (Å²) in [6.07, 6.45) is 6.04. The summed E-state index contributed by atoms with van der Waals surface area (Å²) in [5, 5.41) is 0. The largest absolute Gasteiger partial charge is 0.469 e. The minimum absolute atomic E-state index is 0.216. The van der Waals surface area contributed by atoms with E-state index >= 15 is 0 Å². The van der Waals surface area contributed by atoms with Gasteiger partial charge in [-0.1, -0.05) is 31.3 Å². The number of nitrogens with zero attached hydrogens (tertiary/aromatic N) is 1. The smallest absolute Gasteiger partial charge is 0.305 e. The zero-order chi connectivity index (χ0) is 18.3. The molecule has 0 bridgehead atoms. The average Bonchev–Trinajstić information content (AvgIpc) is 2.74. The maximum absolute atomic E-state index is 11.8.